The molecule has 0 saturated heterocycles. The van der Waals surface area contributed by atoms with Crippen molar-refractivity contribution in [2.75, 3.05) is 0 Å². The van der Waals surface area contributed by atoms with Crippen LogP contribution < -0.4 is 0 Å². The summed E-state index contributed by atoms with van der Waals surface area (Å²) in [6.07, 6.45) is 8.35. The summed E-state index contributed by atoms with van der Waals surface area (Å²) in [5.74, 6) is 0.579. The van der Waals surface area contributed by atoms with Gasteiger partial charge in [-0.1, -0.05) is 23.7 Å². The Balaban J connectivity index is 2.38. The maximum atomic E-state index is 11.6. The van der Waals surface area contributed by atoms with E-state index >= 15 is 0 Å². The molecule has 0 aromatic rings. The van der Waals surface area contributed by atoms with Gasteiger partial charge in [0.05, 0.1) is 6.21 Å². The molecule has 0 aromatic carbocycles. The predicted octanol–water partition coefficient (Wildman–Crippen LogP) is 3.10. The SMILES string of the molecule is CC(C)(C)[S+]([O-])N=CC1CCCCC1. The minimum atomic E-state index is -1.07. The molecule has 1 rings (SSSR count). The highest BCUT2D eigenvalue weighted by Crippen LogP contribution is 2.23. The Hall–Kier alpha value is -0.0200. The number of nitrogens with zero attached hydrogens (tertiary/aromatic N) is 1. The minimum absolute atomic E-state index is 0.217. The Kier molecular flexibility index (Phi) is 4.45. The van der Waals surface area contributed by atoms with E-state index in [1.807, 2.05) is 27.0 Å². The van der Waals surface area contributed by atoms with Crippen LogP contribution in [-0.2, 0) is 11.4 Å². The summed E-state index contributed by atoms with van der Waals surface area (Å²) in [4.78, 5) is 0. The van der Waals surface area contributed by atoms with E-state index in [4.69, 9.17) is 0 Å². The molecule has 0 spiro atoms. The second-order valence-corrected chi connectivity index (χ2v) is 6.95. The highest BCUT2D eigenvalue weighted by Gasteiger charge is 2.26. The Morgan fingerprint density at radius 1 is 1.21 bits per heavy atom. The zero-order valence-electron chi connectivity index (χ0n) is 9.45. The van der Waals surface area contributed by atoms with Crippen molar-refractivity contribution in [3.63, 3.8) is 0 Å². The molecular weight excluding hydrogens is 194 g/mol. The van der Waals surface area contributed by atoms with E-state index in [2.05, 4.69) is 4.40 Å². The molecule has 1 atom stereocenters. The van der Waals surface area contributed by atoms with E-state index in [0.717, 1.165) is 0 Å². The highest BCUT2D eigenvalue weighted by molar-refractivity contribution is 7.91. The first kappa shape index (κ1) is 12.1. The molecule has 0 aliphatic heterocycles. The van der Waals surface area contributed by atoms with Gasteiger partial charge in [-0.25, -0.2) is 0 Å². The van der Waals surface area contributed by atoms with Gasteiger partial charge in [-0.05, 0) is 39.5 Å². The van der Waals surface area contributed by atoms with Crippen molar-refractivity contribution in [1.82, 2.24) is 0 Å². The average molecular weight is 215 g/mol. The molecule has 1 saturated carbocycles. The Bertz CT molecular complexity index is 192. The van der Waals surface area contributed by atoms with Crippen molar-refractivity contribution in [1.29, 1.82) is 0 Å². The Morgan fingerprint density at radius 3 is 2.29 bits per heavy atom. The van der Waals surface area contributed by atoms with E-state index < -0.39 is 11.4 Å². The summed E-state index contributed by atoms with van der Waals surface area (Å²) >= 11 is -1.07. The standard InChI is InChI=1S/C11H21NOS/c1-11(2,3)14(13)12-9-10-7-5-4-6-8-10/h9-10H,4-8H2,1-3H3. The zero-order valence-corrected chi connectivity index (χ0v) is 10.3. The summed E-state index contributed by atoms with van der Waals surface area (Å²) < 4.78 is 15.6. The molecule has 0 amide bonds. The predicted molar refractivity (Wildman–Crippen MR) is 63.0 cm³/mol. The lowest BCUT2D eigenvalue weighted by atomic mass is 9.90. The van der Waals surface area contributed by atoms with Crippen molar-refractivity contribution < 1.29 is 4.55 Å². The van der Waals surface area contributed by atoms with Crippen LogP contribution >= 0.6 is 0 Å². The Morgan fingerprint density at radius 2 is 1.79 bits per heavy atom. The van der Waals surface area contributed by atoms with Crippen LogP contribution in [0.15, 0.2) is 4.40 Å². The molecule has 1 fully saturated rings. The third kappa shape index (κ3) is 4.01. The maximum absolute atomic E-state index is 11.6. The molecule has 1 aliphatic rings. The van der Waals surface area contributed by atoms with Crippen LogP contribution in [-0.4, -0.2) is 15.5 Å². The lowest BCUT2D eigenvalue weighted by molar-refractivity contribution is 0.445. The average Bonchev–Trinajstić information content (AvgIpc) is 2.14. The van der Waals surface area contributed by atoms with Gasteiger partial charge in [-0.15, -0.1) is 0 Å². The molecule has 0 aromatic heterocycles. The summed E-state index contributed by atoms with van der Waals surface area (Å²) in [5, 5.41) is 0. The van der Waals surface area contributed by atoms with Gasteiger partial charge in [0.1, 0.15) is 16.1 Å². The molecule has 3 heteroatoms. The van der Waals surface area contributed by atoms with Gasteiger partial charge in [0.15, 0.2) is 0 Å². The number of hydrogen-bond acceptors (Lipinski definition) is 2. The summed E-state index contributed by atoms with van der Waals surface area (Å²) in [7, 11) is 0. The third-order valence-corrected chi connectivity index (χ3v) is 3.90. The summed E-state index contributed by atoms with van der Waals surface area (Å²) in [6.45, 7) is 5.88. The van der Waals surface area contributed by atoms with Crippen molar-refractivity contribution in [3.8, 4) is 0 Å². The number of rotatable bonds is 2. The molecule has 0 bridgehead atoms. The largest absolute Gasteiger partial charge is 0.591 e. The lowest BCUT2D eigenvalue weighted by Gasteiger charge is -2.20. The highest BCUT2D eigenvalue weighted by atomic mass is 32.2. The van der Waals surface area contributed by atoms with Gasteiger partial charge < -0.3 is 4.55 Å². The van der Waals surface area contributed by atoms with Crippen LogP contribution in [0.4, 0.5) is 0 Å². The first-order valence-corrected chi connectivity index (χ1v) is 6.57. The maximum Gasteiger partial charge on any atom is 0.144 e. The Labute approximate surface area is 90.5 Å². The van der Waals surface area contributed by atoms with Gasteiger partial charge in [-0.3, -0.25) is 0 Å². The van der Waals surface area contributed by atoms with Gasteiger partial charge >= 0.3 is 0 Å². The van der Waals surface area contributed by atoms with E-state index in [-0.39, 0.29) is 4.75 Å². The van der Waals surface area contributed by atoms with E-state index in [1.165, 1.54) is 32.1 Å². The van der Waals surface area contributed by atoms with Gasteiger partial charge in [-0.2, -0.15) is 0 Å². The van der Waals surface area contributed by atoms with E-state index in [1.54, 1.807) is 0 Å². The second-order valence-electron chi connectivity index (χ2n) is 5.01. The smallest absolute Gasteiger partial charge is 0.144 e. The van der Waals surface area contributed by atoms with Crippen LogP contribution in [0, 0.1) is 5.92 Å². The van der Waals surface area contributed by atoms with Gasteiger partial charge in [0.2, 0.25) is 0 Å². The van der Waals surface area contributed by atoms with Crippen molar-refractivity contribution >= 4 is 17.6 Å². The van der Waals surface area contributed by atoms with Crippen LogP contribution in [0.5, 0.6) is 0 Å². The van der Waals surface area contributed by atoms with E-state index in [9.17, 15) is 4.55 Å². The zero-order chi connectivity index (χ0) is 10.6. The van der Waals surface area contributed by atoms with Crippen molar-refractivity contribution in [2.24, 2.45) is 10.3 Å². The van der Waals surface area contributed by atoms with Crippen LogP contribution in [0.1, 0.15) is 52.9 Å². The van der Waals surface area contributed by atoms with E-state index in [0.29, 0.717) is 5.92 Å². The van der Waals surface area contributed by atoms with Gasteiger partial charge in [0, 0.05) is 0 Å². The topological polar surface area (TPSA) is 35.4 Å². The lowest BCUT2D eigenvalue weighted by Crippen LogP contribution is -2.26. The van der Waals surface area contributed by atoms with Crippen LogP contribution in [0.3, 0.4) is 0 Å². The molecule has 1 aliphatic carbocycles. The fourth-order valence-corrected chi connectivity index (χ4v) is 2.18. The fourth-order valence-electron chi connectivity index (χ4n) is 1.58. The molecule has 2 nitrogen and oxygen atoms in total. The van der Waals surface area contributed by atoms with Crippen molar-refractivity contribution in [3.05, 3.63) is 0 Å². The van der Waals surface area contributed by atoms with Crippen LogP contribution in [0.2, 0.25) is 0 Å². The molecule has 82 valence electrons. The van der Waals surface area contributed by atoms with Gasteiger partial charge in [0.25, 0.3) is 0 Å². The molecule has 0 N–H and O–H groups in total. The molecule has 0 heterocycles. The first-order chi connectivity index (χ1) is 6.50. The first-order valence-electron chi connectivity index (χ1n) is 5.46. The normalized spacial score (nSPS) is 22.9. The second kappa shape index (κ2) is 5.17. The molecular formula is C11H21NOS. The third-order valence-electron chi connectivity index (χ3n) is 2.54. The van der Waals surface area contributed by atoms with Crippen LogP contribution in [0.25, 0.3) is 0 Å². The summed E-state index contributed by atoms with van der Waals surface area (Å²) in [5.41, 5.74) is 0. The minimum Gasteiger partial charge on any atom is -0.591 e. The summed E-state index contributed by atoms with van der Waals surface area (Å²) in [6, 6.07) is 0. The molecule has 0 radical (unpaired) electrons. The number of hydrogen-bond donors (Lipinski definition) is 0. The molecule has 1 unspecified atom stereocenters. The van der Waals surface area contributed by atoms with Crippen molar-refractivity contribution in [2.45, 2.75) is 57.6 Å². The molecule has 14 heavy (non-hydrogen) atoms. The monoisotopic (exact) mass is 215 g/mol. The quantitative estimate of drug-likeness (QED) is 0.515. The fraction of sp³-hybridized carbons (Fsp3) is 0.909.